The molecule has 4 rings (SSSR count). The summed E-state index contributed by atoms with van der Waals surface area (Å²) in [6.07, 6.45) is 1.76. The molecule has 1 aliphatic heterocycles. The molecule has 0 atom stereocenters. The first-order chi connectivity index (χ1) is 14.4. The lowest BCUT2D eigenvalue weighted by atomic mass is 9.93. The quantitative estimate of drug-likeness (QED) is 0.652. The average Bonchev–Trinajstić information content (AvgIpc) is 3.18. The number of rotatable bonds is 5. The Kier molecular flexibility index (Phi) is 5.66. The van der Waals surface area contributed by atoms with E-state index in [2.05, 4.69) is 27.9 Å². The van der Waals surface area contributed by atoms with Crippen LogP contribution in [0.15, 0.2) is 53.4 Å². The molecule has 1 saturated heterocycles. The van der Waals surface area contributed by atoms with Crippen molar-refractivity contribution in [2.24, 2.45) is 0 Å². The maximum atomic E-state index is 13.1. The number of aromatic amines is 1. The van der Waals surface area contributed by atoms with E-state index in [4.69, 9.17) is 0 Å². The SMILES string of the molecule is CCNS(=O)(=O)c1ccc(C)c(C(=O)N2CCC(c3cc4ccccc4[nH]3)CC2)c1. The van der Waals surface area contributed by atoms with E-state index in [0.29, 0.717) is 31.1 Å². The zero-order valence-electron chi connectivity index (χ0n) is 17.3. The second-order valence-corrected chi connectivity index (χ2v) is 9.62. The van der Waals surface area contributed by atoms with Gasteiger partial charge in [-0.05, 0) is 55.0 Å². The number of carbonyl (C=O) groups excluding carboxylic acids is 1. The summed E-state index contributed by atoms with van der Waals surface area (Å²) in [6.45, 7) is 5.19. The van der Waals surface area contributed by atoms with Gasteiger partial charge in [-0.3, -0.25) is 4.79 Å². The average molecular weight is 426 g/mol. The van der Waals surface area contributed by atoms with E-state index >= 15 is 0 Å². The number of aryl methyl sites for hydroxylation is 1. The highest BCUT2D eigenvalue weighted by molar-refractivity contribution is 7.89. The molecule has 1 amide bonds. The van der Waals surface area contributed by atoms with Crippen LogP contribution in [-0.4, -0.2) is 43.8 Å². The molecule has 0 saturated carbocycles. The van der Waals surface area contributed by atoms with Crippen LogP contribution in [0.25, 0.3) is 10.9 Å². The molecule has 0 radical (unpaired) electrons. The fourth-order valence-electron chi connectivity index (χ4n) is 4.15. The molecule has 6 nitrogen and oxygen atoms in total. The van der Waals surface area contributed by atoms with Crippen LogP contribution in [0.3, 0.4) is 0 Å². The molecule has 1 aromatic heterocycles. The Hall–Kier alpha value is -2.64. The third-order valence-corrected chi connectivity index (χ3v) is 7.40. The van der Waals surface area contributed by atoms with Crippen molar-refractivity contribution in [3.05, 3.63) is 65.4 Å². The number of sulfonamides is 1. The van der Waals surface area contributed by atoms with Gasteiger partial charge in [0, 0.05) is 42.3 Å². The molecule has 30 heavy (non-hydrogen) atoms. The van der Waals surface area contributed by atoms with Crippen LogP contribution in [0.4, 0.5) is 0 Å². The summed E-state index contributed by atoms with van der Waals surface area (Å²) >= 11 is 0. The van der Waals surface area contributed by atoms with Crippen LogP contribution in [0.2, 0.25) is 0 Å². The van der Waals surface area contributed by atoms with Crippen LogP contribution in [0, 0.1) is 6.92 Å². The first-order valence-electron chi connectivity index (χ1n) is 10.4. The number of aromatic nitrogens is 1. The number of nitrogens with one attached hydrogen (secondary N) is 2. The third kappa shape index (κ3) is 4.00. The Morgan fingerprint density at radius 1 is 1.13 bits per heavy atom. The number of nitrogens with zero attached hydrogens (tertiary/aromatic N) is 1. The molecule has 0 spiro atoms. The molecular formula is C23H27N3O3S. The molecule has 2 heterocycles. The first-order valence-corrected chi connectivity index (χ1v) is 11.8. The molecule has 7 heteroatoms. The minimum Gasteiger partial charge on any atom is -0.358 e. The minimum atomic E-state index is -3.60. The number of hydrogen-bond acceptors (Lipinski definition) is 3. The molecular weight excluding hydrogens is 398 g/mol. The lowest BCUT2D eigenvalue weighted by Crippen LogP contribution is -2.38. The number of likely N-dealkylation sites (tertiary alicyclic amines) is 1. The fourth-order valence-corrected chi connectivity index (χ4v) is 5.22. The standard InChI is InChI=1S/C23H27N3O3S/c1-3-24-30(28,29)19-9-8-16(2)20(15-19)23(27)26-12-10-17(11-13-26)22-14-18-6-4-5-7-21(18)25-22/h4-9,14-15,17,24-25H,3,10-13H2,1-2H3. The molecule has 3 aromatic rings. The number of amides is 1. The molecule has 158 valence electrons. The van der Waals surface area contributed by atoms with Crippen molar-refractivity contribution < 1.29 is 13.2 Å². The van der Waals surface area contributed by atoms with Gasteiger partial charge in [0.15, 0.2) is 0 Å². The number of hydrogen-bond donors (Lipinski definition) is 2. The summed E-state index contributed by atoms with van der Waals surface area (Å²) in [5, 5.41) is 1.21. The van der Waals surface area contributed by atoms with Gasteiger partial charge in [-0.15, -0.1) is 0 Å². The van der Waals surface area contributed by atoms with E-state index in [1.54, 1.807) is 19.1 Å². The van der Waals surface area contributed by atoms with E-state index in [9.17, 15) is 13.2 Å². The summed E-state index contributed by atoms with van der Waals surface area (Å²) in [7, 11) is -3.60. The van der Waals surface area contributed by atoms with Crippen LogP contribution in [0.1, 0.15) is 47.3 Å². The van der Waals surface area contributed by atoms with Gasteiger partial charge in [0.05, 0.1) is 4.90 Å². The highest BCUT2D eigenvalue weighted by Gasteiger charge is 2.27. The Morgan fingerprint density at radius 3 is 2.57 bits per heavy atom. The van der Waals surface area contributed by atoms with Crippen LogP contribution < -0.4 is 4.72 Å². The summed E-state index contributed by atoms with van der Waals surface area (Å²) in [6, 6.07) is 15.2. The van der Waals surface area contributed by atoms with Crippen molar-refractivity contribution in [1.29, 1.82) is 0 Å². The predicted octanol–water partition coefficient (Wildman–Crippen LogP) is 3.79. The second kappa shape index (κ2) is 8.24. The topological polar surface area (TPSA) is 82.3 Å². The zero-order valence-corrected chi connectivity index (χ0v) is 18.1. The Labute approximate surface area is 177 Å². The molecule has 2 aromatic carbocycles. The van der Waals surface area contributed by atoms with E-state index in [0.717, 1.165) is 23.9 Å². The van der Waals surface area contributed by atoms with Gasteiger partial charge in [0.25, 0.3) is 5.91 Å². The Balaban J connectivity index is 1.49. The maximum Gasteiger partial charge on any atom is 0.254 e. The summed E-state index contributed by atoms with van der Waals surface area (Å²) in [4.78, 5) is 18.6. The zero-order chi connectivity index (χ0) is 21.3. The second-order valence-electron chi connectivity index (χ2n) is 7.86. The molecule has 2 N–H and O–H groups in total. The number of benzene rings is 2. The fraction of sp³-hybridized carbons (Fsp3) is 0.348. The lowest BCUT2D eigenvalue weighted by Gasteiger charge is -2.32. The number of piperidine rings is 1. The number of H-pyrrole nitrogens is 1. The normalized spacial score (nSPS) is 15.6. The molecule has 0 unspecified atom stereocenters. The van der Waals surface area contributed by atoms with Crippen molar-refractivity contribution in [3.63, 3.8) is 0 Å². The third-order valence-electron chi connectivity index (χ3n) is 5.86. The molecule has 0 aliphatic carbocycles. The Morgan fingerprint density at radius 2 is 1.87 bits per heavy atom. The van der Waals surface area contributed by atoms with Gasteiger partial charge in [0.2, 0.25) is 10.0 Å². The van der Waals surface area contributed by atoms with E-state index < -0.39 is 10.0 Å². The maximum absolute atomic E-state index is 13.1. The first kappa shape index (κ1) is 20.6. The van der Waals surface area contributed by atoms with Crippen molar-refractivity contribution in [2.75, 3.05) is 19.6 Å². The monoisotopic (exact) mass is 425 g/mol. The van der Waals surface area contributed by atoms with Gasteiger partial charge in [0.1, 0.15) is 0 Å². The van der Waals surface area contributed by atoms with Gasteiger partial charge < -0.3 is 9.88 Å². The highest BCUT2D eigenvalue weighted by atomic mass is 32.2. The molecule has 1 fully saturated rings. The van der Waals surface area contributed by atoms with Crippen LogP contribution in [-0.2, 0) is 10.0 Å². The summed E-state index contributed by atoms with van der Waals surface area (Å²) in [5.74, 6) is 0.291. The number of para-hydroxylation sites is 1. The Bertz CT molecular complexity index is 1140. The number of fused-ring (bicyclic) bond motifs is 1. The van der Waals surface area contributed by atoms with Crippen molar-refractivity contribution in [1.82, 2.24) is 14.6 Å². The minimum absolute atomic E-state index is 0.101. The van der Waals surface area contributed by atoms with Gasteiger partial charge in [-0.1, -0.05) is 31.2 Å². The smallest absolute Gasteiger partial charge is 0.254 e. The van der Waals surface area contributed by atoms with E-state index in [-0.39, 0.29) is 10.8 Å². The molecule has 1 aliphatic rings. The number of carbonyl (C=O) groups is 1. The van der Waals surface area contributed by atoms with Crippen molar-refractivity contribution in [2.45, 2.75) is 37.5 Å². The van der Waals surface area contributed by atoms with Gasteiger partial charge >= 0.3 is 0 Å². The van der Waals surface area contributed by atoms with Crippen molar-refractivity contribution >= 4 is 26.8 Å². The highest BCUT2D eigenvalue weighted by Crippen LogP contribution is 2.31. The van der Waals surface area contributed by atoms with Crippen molar-refractivity contribution in [3.8, 4) is 0 Å². The summed E-state index contributed by atoms with van der Waals surface area (Å²) < 4.78 is 27.1. The van der Waals surface area contributed by atoms with Crippen LogP contribution >= 0.6 is 0 Å². The molecule has 0 bridgehead atoms. The predicted molar refractivity (Wildman–Crippen MR) is 118 cm³/mol. The summed E-state index contributed by atoms with van der Waals surface area (Å²) in [5.41, 5.74) is 3.60. The van der Waals surface area contributed by atoms with E-state index in [1.165, 1.54) is 17.1 Å². The lowest BCUT2D eigenvalue weighted by molar-refractivity contribution is 0.0711. The largest absolute Gasteiger partial charge is 0.358 e. The van der Waals surface area contributed by atoms with Gasteiger partial charge in [-0.2, -0.15) is 0 Å². The van der Waals surface area contributed by atoms with Crippen LogP contribution in [0.5, 0.6) is 0 Å². The van der Waals surface area contributed by atoms with Gasteiger partial charge in [-0.25, -0.2) is 13.1 Å². The van der Waals surface area contributed by atoms with E-state index in [1.807, 2.05) is 24.0 Å².